The van der Waals surface area contributed by atoms with Crippen LogP contribution < -0.4 is 14.9 Å². The van der Waals surface area contributed by atoms with Crippen LogP contribution in [-0.2, 0) is 9.53 Å². The zero-order chi connectivity index (χ0) is 26.3. The van der Waals surface area contributed by atoms with Gasteiger partial charge >= 0.3 is 11.7 Å². The van der Waals surface area contributed by atoms with E-state index < -0.39 is 33.9 Å². The van der Waals surface area contributed by atoms with Crippen LogP contribution in [0.2, 0.25) is 0 Å². The lowest BCUT2D eigenvalue weighted by atomic mass is 9.91. The molecule has 0 amide bonds. The van der Waals surface area contributed by atoms with Gasteiger partial charge in [-0.05, 0) is 47.9 Å². The third-order valence-corrected chi connectivity index (χ3v) is 7.11. The number of fused-ring (bicyclic) bond motifs is 2. The molecule has 0 unspecified atom stereocenters. The van der Waals surface area contributed by atoms with Gasteiger partial charge in [-0.1, -0.05) is 59.9 Å². The first-order valence-electron chi connectivity index (χ1n) is 11.4. The first kappa shape index (κ1) is 24.1. The van der Waals surface area contributed by atoms with E-state index in [1.165, 1.54) is 28.8 Å². The highest BCUT2D eigenvalue weighted by atomic mass is 32.1. The van der Waals surface area contributed by atoms with Crippen molar-refractivity contribution in [3.8, 4) is 5.75 Å². The lowest BCUT2D eigenvalue weighted by Crippen LogP contribution is -2.40. The Morgan fingerprint density at radius 3 is 2.73 bits per heavy atom. The number of rotatable bonds is 5. The number of benzene rings is 3. The summed E-state index contributed by atoms with van der Waals surface area (Å²) in [6, 6.07) is 16.5. The van der Waals surface area contributed by atoms with Crippen molar-refractivity contribution >= 4 is 39.8 Å². The van der Waals surface area contributed by atoms with Gasteiger partial charge in [-0.25, -0.2) is 9.79 Å². The van der Waals surface area contributed by atoms with Crippen LogP contribution in [0.5, 0.6) is 5.75 Å². The lowest BCUT2D eigenvalue weighted by molar-refractivity contribution is -0.385. The van der Waals surface area contributed by atoms with Gasteiger partial charge in [0.15, 0.2) is 10.6 Å². The summed E-state index contributed by atoms with van der Waals surface area (Å²) >= 11 is 1.12. The number of nitro benzene ring substituents is 1. The quantitative estimate of drug-likeness (QED) is 0.246. The van der Waals surface area contributed by atoms with Crippen LogP contribution in [0.3, 0.4) is 0 Å². The molecule has 1 N–H and O–H groups in total. The summed E-state index contributed by atoms with van der Waals surface area (Å²) in [5.74, 6) is -1.01. The highest BCUT2D eigenvalue weighted by Crippen LogP contribution is 2.35. The van der Waals surface area contributed by atoms with E-state index >= 15 is 0 Å². The number of thiazole rings is 1. The predicted molar refractivity (Wildman–Crippen MR) is 139 cm³/mol. The smallest absolute Gasteiger partial charge is 0.338 e. The molecule has 0 fully saturated rings. The molecule has 0 spiro atoms. The van der Waals surface area contributed by atoms with Gasteiger partial charge in [0, 0.05) is 6.07 Å². The van der Waals surface area contributed by atoms with Gasteiger partial charge in [0.05, 0.1) is 33.4 Å². The van der Waals surface area contributed by atoms with Crippen molar-refractivity contribution < 1.29 is 19.6 Å². The molecular formula is C27H21N3O6S. The van der Waals surface area contributed by atoms with Gasteiger partial charge in [0.2, 0.25) is 0 Å². The van der Waals surface area contributed by atoms with Gasteiger partial charge in [-0.3, -0.25) is 19.5 Å². The van der Waals surface area contributed by atoms with E-state index in [1.54, 1.807) is 13.8 Å². The van der Waals surface area contributed by atoms with E-state index in [0.717, 1.165) is 27.7 Å². The van der Waals surface area contributed by atoms with Crippen molar-refractivity contribution in [2.45, 2.75) is 19.9 Å². The van der Waals surface area contributed by atoms with E-state index in [0.29, 0.717) is 16.1 Å². The standard InChI is InChI=1S/C27H21N3O6S/c1-3-36-26(33)23-15(2)28-27-29(24(23)19-10-6-8-17-7-4-5-9-18(17)19)25(32)22(37-27)14-16-11-12-21(31)20(13-16)30(34)35/h4-14,24,31H,3H2,1-2H3/b22-14-/t24-/m1/s1. The number of nitro groups is 1. The Morgan fingerprint density at radius 1 is 1.22 bits per heavy atom. The SMILES string of the molecule is CCOC(=O)C1=C(C)N=c2s/c(=C\c3ccc(O)c([N+](=O)[O-])c3)c(=O)n2[C@@H]1c1cccc2ccccc12. The van der Waals surface area contributed by atoms with Crippen LogP contribution in [0.1, 0.15) is 31.0 Å². The maximum atomic E-state index is 13.8. The third-order valence-electron chi connectivity index (χ3n) is 6.13. The summed E-state index contributed by atoms with van der Waals surface area (Å²) in [5.41, 5.74) is 0.991. The van der Waals surface area contributed by atoms with Gasteiger partial charge in [0.1, 0.15) is 0 Å². The molecule has 1 aliphatic rings. The van der Waals surface area contributed by atoms with Crippen molar-refractivity contribution in [1.29, 1.82) is 0 Å². The molecule has 186 valence electrons. The van der Waals surface area contributed by atoms with E-state index in [-0.39, 0.29) is 16.7 Å². The predicted octanol–water partition coefficient (Wildman–Crippen LogP) is 3.57. The van der Waals surface area contributed by atoms with E-state index in [1.807, 2.05) is 42.5 Å². The molecule has 9 nitrogen and oxygen atoms in total. The Labute approximate surface area is 214 Å². The second-order valence-electron chi connectivity index (χ2n) is 8.38. The third kappa shape index (κ3) is 4.21. The van der Waals surface area contributed by atoms with Crippen molar-refractivity contribution in [3.05, 3.63) is 113 Å². The molecule has 0 saturated carbocycles. The van der Waals surface area contributed by atoms with Gasteiger partial charge in [0.25, 0.3) is 5.56 Å². The molecule has 1 aliphatic heterocycles. The number of carbonyl (C=O) groups excluding carboxylic acids is 1. The van der Waals surface area contributed by atoms with Gasteiger partial charge in [-0.2, -0.15) is 0 Å². The summed E-state index contributed by atoms with van der Waals surface area (Å²) in [7, 11) is 0. The Hall–Kier alpha value is -4.57. The van der Waals surface area contributed by atoms with Crippen LogP contribution in [0.15, 0.2) is 81.7 Å². The summed E-state index contributed by atoms with van der Waals surface area (Å²) in [6.45, 7) is 3.60. The molecule has 0 bridgehead atoms. The summed E-state index contributed by atoms with van der Waals surface area (Å²) < 4.78 is 7.11. The summed E-state index contributed by atoms with van der Waals surface area (Å²) in [5, 5.41) is 22.9. The van der Waals surface area contributed by atoms with Crippen LogP contribution in [0, 0.1) is 10.1 Å². The number of hydrogen-bond donors (Lipinski definition) is 1. The summed E-state index contributed by atoms with van der Waals surface area (Å²) in [4.78, 5) is 42.4. The zero-order valence-electron chi connectivity index (χ0n) is 19.9. The van der Waals surface area contributed by atoms with E-state index in [4.69, 9.17) is 4.74 Å². The molecule has 2 heterocycles. The number of aromatic nitrogens is 1. The number of nitrogens with zero attached hydrogens (tertiary/aromatic N) is 3. The molecular weight excluding hydrogens is 494 g/mol. The summed E-state index contributed by atoms with van der Waals surface area (Å²) in [6.07, 6.45) is 1.51. The molecule has 1 aromatic heterocycles. The number of allylic oxidation sites excluding steroid dienone is 1. The van der Waals surface area contributed by atoms with Crippen molar-refractivity contribution in [1.82, 2.24) is 4.57 Å². The second-order valence-corrected chi connectivity index (χ2v) is 9.39. The normalized spacial score (nSPS) is 15.4. The minimum atomic E-state index is -0.780. The molecule has 3 aromatic carbocycles. The average Bonchev–Trinajstić information content (AvgIpc) is 3.18. The molecule has 5 rings (SSSR count). The van der Waals surface area contributed by atoms with E-state index in [2.05, 4.69) is 4.99 Å². The molecule has 10 heteroatoms. The molecule has 4 aromatic rings. The largest absolute Gasteiger partial charge is 0.502 e. The van der Waals surface area contributed by atoms with Gasteiger partial charge < -0.3 is 9.84 Å². The number of aromatic hydroxyl groups is 1. The highest BCUT2D eigenvalue weighted by Gasteiger charge is 2.34. The van der Waals surface area contributed by atoms with Gasteiger partial charge in [-0.15, -0.1) is 0 Å². The molecule has 0 aliphatic carbocycles. The fraction of sp³-hybridized carbons (Fsp3) is 0.148. The first-order chi connectivity index (χ1) is 17.8. The zero-order valence-corrected chi connectivity index (χ0v) is 20.7. The molecule has 0 radical (unpaired) electrons. The van der Waals surface area contributed by atoms with Crippen molar-refractivity contribution in [2.24, 2.45) is 4.99 Å². The number of ether oxygens (including phenoxy) is 1. The number of hydrogen-bond acceptors (Lipinski definition) is 8. The number of phenols is 1. The number of carbonyl (C=O) groups is 1. The minimum absolute atomic E-state index is 0.169. The maximum absolute atomic E-state index is 13.8. The number of phenolic OH excluding ortho intramolecular Hbond substituents is 1. The van der Waals surface area contributed by atoms with Crippen LogP contribution in [0.4, 0.5) is 5.69 Å². The monoisotopic (exact) mass is 515 g/mol. The Kier molecular flexibility index (Phi) is 6.18. The first-order valence-corrected chi connectivity index (χ1v) is 12.3. The maximum Gasteiger partial charge on any atom is 0.338 e. The Morgan fingerprint density at radius 2 is 1.97 bits per heavy atom. The van der Waals surface area contributed by atoms with Crippen LogP contribution in [0.25, 0.3) is 16.8 Å². The number of esters is 1. The molecule has 1 atom stereocenters. The molecule has 0 saturated heterocycles. The fourth-order valence-electron chi connectivity index (χ4n) is 4.50. The Bertz CT molecular complexity index is 1800. The molecule has 37 heavy (non-hydrogen) atoms. The lowest BCUT2D eigenvalue weighted by Gasteiger charge is -2.25. The van der Waals surface area contributed by atoms with Crippen LogP contribution in [-0.4, -0.2) is 27.2 Å². The minimum Gasteiger partial charge on any atom is -0.502 e. The van der Waals surface area contributed by atoms with Crippen molar-refractivity contribution in [2.75, 3.05) is 6.61 Å². The van der Waals surface area contributed by atoms with E-state index in [9.17, 15) is 24.8 Å². The fourth-order valence-corrected chi connectivity index (χ4v) is 5.55. The topological polar surface area (TPSA) is 124 Å². The highest BCUT2D eigenvalue weighted by molar-refractivity contribution is 7.07. The van der Waals surface area contributed by atoms with Crippen LogP contribution >= 0.6 is 11.3 Å². The Balaban J connectivity index is 1.78. The van der Waals surface area contributed by atoms with Crippen molar-refractivity contribution in [3.63, 3.8) is 0 Å². The average molecular weight is 516 g/mol. The second kappa shape index (κ2) is 9.47.